The van der Waals surface area contributed by atoms with Crippen molar-refractivity contribution >= 4 is 5.97 Å². The molecule has 1 aliphatic carbocycles. The number of hydrogen-bond donors (Lipinski definition) is 1. The van der Waals surface area contributed by atoms with Crippen molar-refractivity contribution in [2.24, 2.45) is 0 Å². The zero-order chi connectivity index (χ0) is 15.6. The average molecular weight is 306 g/mol. The van der Waals surface area contributed by atoms with Crippen LogP contribution >= 0.6 is 0 Å². The van der Waals surface area contributed by atoms with Gasteiger partial charge in [0.1, 0.15) is 6.10 Å². The molecule has 0 unspecified atom stereocenters. The number of hydrogen-bond acceptors (Lipinski definition) is 4. The van der Waals surface area contributed by atoms with Gasteiger partial charge >= 0.3 is 5.97 Å². The van der Waals surface area contributed by atoms with Gasteiger partial charge in [0.05, 0.1) is 26.7 Å². The van der Waals surface area contributed by atoms with Crippen LogP contribution in [0.1, 0.15) is 37.7 Å². The Balaban J connectivity index is 1.85. The van der Waals surface area contributed by atoms with Crippen LogP contribution in [0.15, 0.2) is 18.2 Å². The van der Waals surface area contributed by atoms with Crippen LogP contribution < -0.4 is 9.47 Å². The highest BCUT2D eigenvalue weighted by molar-refractivity contribution is 5.71. The smallest absolute Gasteiger partial charge is 0.304 e. The van der Waals surface area contributed by atoms with E-state index < -0.39 is 5.97 Å². The van der Waals surface area contributed by atoms with Gasteiger partial charge in [-0.05, 0) is 18.9 Å². The molecular formula is C17H22O5. The first kappa shape index (κ1) is 15.2. The third-order valence-corrected chi connectivity index (χ3v) is 4.56. The molecule has 1 N–H and O–H groups in total. The first-order chi connectivity index (χ1) is 10.6. The molecule has 1 saturated carbocycles. The minimum Gasteiger partial charge on any atom is -0.493 e. The summed E-state index contributed by atoms with van der Waals surface area (Å²) in [5.74, 6) is 0.631. The van der Waals surface area contributed by atoms with E-state index in [1.807, 2.05) is 18.2 Å². The molecule has 2 aliphatic rings. The van der Waals surface area contributed by atoms with E-state index in [9.17, 15) is 4.79 Å². The van der Waals surface area contributed by atoms with Crippen LogP contribution in [0.25, 0.3) is 0 Å². The predicted molar refractivity (Wildman–Crippen MR) is 80.6 cm³/mol. The first-order valence-electron chi connectivity index (χ1n) is 7.78. The summed E-state index contributed by atoms with van der Waals surface area (Å²) >= 11 is 0. The van der Waals surface area contributed by atoms with Gasteiger partial charge < -0.3 is 19.3 Å². The molecule has 0 atom stereocenters. The van der Waals surface area contributed by atoms with Gasteiger partial charge in [0.2, 0.25) is 0 Å². The van der Waals surface area contributed by atoms with Crippen LogP contribution in [0.4, 0.5) is 0 Å². The molecule has 1 aliphatic heterocycles. The van der Waals surface area contributed by atoms with Gasteiger partial charge in [-0.3, -0.25) is 4.79 Å². The van der Waals surface area contributed by atoms with E-state index in [0.29, 0.717) is 11.5 Å². The number of benzene rings is 1. The molecule has 0 amide bonds. The van der Waals surface area contributed by atoms with Crippen LogP contribution in [0, 0.1) is 0 Å². The molecule has 0 spiro atoms. The third kappa shape index (κ3) is 3.04. The lowest BCUT2D eigenvalue weighted by molar-refractivity contribution is -0.137. The van der Waals surface area contributed by atoms with Crippen LogP contribution in [0.5, 0.6) is 11.5 Å². The number of methoxy groups -OCH3 is 1. The molecule has 1 saturated heterocycles. The molecule has 3 rings (SSSR count). The van der Waals surface area contributed by atoms with Gasteiger partial charge in [-0.1, -0.05) is 12.1 Å². The highest BCUT2D eigenvalue weighted by Crippen LogP contribution is 2.55. The Labute approximate surface area is 130 Å². The summed E-state index contributed by atoms with van der Waals surface area (Å²) in [6.45, 7) is 1.44. The summed E-state index contributed by atoms with van der Waals surface area (Å²) in [5.41, 5.74) is 0.675. The number of ether oxygens (including phenoxy) is 3. The maximum atomic E-state index is 11.1. The normalized spacial score (nSPS) is 20.4. The van der Waals surface area contributed by atoms with Crippen molar-refractivity contribution in [1.82, 2.24) is 0 Å². The van der Waals surface area contributed by atoms with Gasteiger partial charge in [-0.2, -0.15) is 0 Å². The Hall–Kier alpha value is -1.75. The van der Waals surface area contributed by atoms with Gasteiger partial charge in [-0.15, -0.1) is 0 Å². The molecular weight excluding hydrogens is 284 g/mol. The van der Waals surface area contributed by atoms with Gasteiger partial charge in [-0.25, -0.2) is 0 Å². The van der Waals surface area contributed by atoms with Gasteiger partial charge in [0, 0.05) is 23.8 Å². The zero-order valence-electron chi connectivity index (χ0n) is 12.8. The molecule has 22 heavy (non-hydrogen) atoms. The highest BCUT2D eigenvalue weighted by Gasteiger charge is 2.48. The molecule has 0 bridgehead atoms. The minimum atomic E-state index is -0.768. The van der Waals surface area contributed by atoms with Crippen LogP contribution in [0.2, 0.25) is 0 Å². The summed E-state index contributed by atoms with van der Waals surface area (Å²) in [6.07, 6.45) is 3.78. The Morgan fingerprint density at radius 3 is 2.68 bits per heavy atom. The van der Waals surface area contributed by atoms with E-state index in [2.05, 4.69) is 0 Å². The quantitative estimate of drug-likeness (QED) is 0.875. The van der Waals surface area contributed by atoms with E-state index in [-0.39, 0.29) is 17.9 Å². The summed E-state index contributed by atoms with van der Waals surface area (Å²) < 4.78 is 17.0. The number of carboxylic acid groups (broad SMARTS) is 1. The fraction of sp³-hybridized carbons (Fsp3) is 0.588. The van der Waals surface area contributed by atoms with Crippen molar-refractivity contribution in [2.75, 3.05) is 20.3 Å². The second-order valence-corrected chi connectivity index (χ2v) is 6.12. The monoisotopic (exact) mass is 306 g/mol. The summed E-state index contributed by atoms with van der Waals surface area (Å²) in [5, 5.41) is 9.16. The van der Waals surface area contributed by atoms with Gasteiger partial charge in [0.15, 0.2) is 11.5 Å². The van der Waals surface area contributed by atoms with Crippen molar-refractivity contribution in [1.29, 1.82) is 0 Å². The summed E-state index contributed by atoms with van der Waals surface area (Å²) in [6, 6.07) is 5.79. The lowest BCUT2D eigenvalue weighted by atomic mass is 9.91. The van der Waals surface area contributed by atoms with Crippen molar-refractivity contribution in [3.63, 3.8) is 0 Å². The van der Waals surface area contributed by atoms with E-state index in [4.69, 9.17) is 19.3 Å². The van der Waals surface area contributed by atoms with Gasteiger partial charge in [0.25, 0.3) is 0 Å². The second kappa shape index (κ2) is 6.16. The highest BCUT2D eigenvalue weighted by atomic mass is 16.5. The fourth-order valence-corrected chi connectivity index (χ4v) is 3.19. The molecule has 5 nitrogen and oxygen atoms in total. The Kier molecular flexibility index (Phi) is 4.25. The Morgan fingerprint density at radius 2 is 2.09 bits per heavy atom. The molecule has 1 aromatic carbocycles. The molecule has 1 heterocycles. The zero-order valence-corrected chi connectivity index (χ0v) is 12.8. The molecule has 2 fully saturated rings. The van der Waals surface area contributed by atoms with Crippen molar-refractivity contribution in [3.8, 4) is 11.5 Å². The lowest BCUT2D eigenvalue weighted by Crippen LogP contribution is -2.26. The second-order valence-electron chi connectivity index (χ2n) is 6.12. The maximum absolute atomic E-state index is 11.1. The largest absolute Gasteiger partial charge is 0.493 e. The van der Waals surface area contributed by atoms with Crippen LogP contribution in [0.3, 0.4) is 0 Å². The van der Waals surface area contributed by atoms with Crippen LogP contribution in [-0.2, 0) is 14.9 Å². The molecule has 0 aromatic heterocycles. The molecule has 120 valence electrons. The lowest BCUT2D eigenvalue weighted by Gasteiger charge is -2.26. The maximum Gasteiger partial charge on any atom is 0.304 e. The SMILES string of the molecule is COc1c(OC2CCOCC2)cccc1C1(CC(=O)O)CC1. The molecule has 5 heteroatoms. The van der Waals surface area contributed by atoms with E-state index >= 15 is 0 Å². The number of carbonyl (C=O) groups is 1. The number of aliphatic carboxylic acids is 1. The Bertz CT molecular complexity index is 544. The predicted octanol–water partition coefficient (Wildman–Crippen LogP) is 2.76. The van der Waals surface area contributed by atoms with E-state index in [1.54, 1.807) is 7.11 Å². The number of para-hydroxylation sites is 1. The summed E-state index contributed by atoms with van der Waals surface area (Å²) in [4.78, 5) is 11.1. The molecule has 1 aromatic rings. The number of rotatable bonds is 6. The summed E-state index contributed by atoms with van der Waals surface area (Å²) in [7, 11) is 1.62. The first-order valence-corrected chi connectivity index (χ1v) is 7.78. The van der Waals surface area contributed by atoms with Crippen molar-refractivity contribution in [3.05, 3.63) is 23.8 Å². The molecule has 0 radical (unpaired) electrons. The fourth-order valence-electron chi connectivity index (χ4n) is 3.19. The van der Waals surface area contributed by atoms with Crippen LogP contribution in [-0.4, -0.2) is 37.5 Å². The topological polar surface area (TPSA) is 65.0 Å². The average Bonchev–Trinajstić information content (AvgIpc) is 3.28. The van der Waals surface area contributed by atoms with Crippen molar-refractivity contribution in [2.45, 2.75) is 43.6 Å². The Morgan fingerprint density at radius 1 is 1.36 bits per heavy atom. The van der Waals surface area contributed by atoms with Crippen molar-refractivity contribution < 1.29 is 24.1 Å². The number of carboxylic acids is 1. The van der Waals surface area contributed by atoms with E-state index in [0.717, 1.165) is 44.5 Å². The minimum absolute atomic E-state index is 0.132. The third-order valence-electron chi connectivity index (χ3n) is 4.56. The standard InChI is InChI=1S/C17H22O5/c1-20-16-13(17(7-8-17)11-15(18)19)3-2-4-14(16)22-12-5-9-21-10-6-12/h2-4,12H,5-11H2,1H3,(H,18,19). The van der Waals surface area contributed by atoms with E-state index in [1.165, 1.54) is 0 Å².